The standard InChI is InChI=1S/C16H19N3O3/c1-4-22-15(20)14-10-18-16(19-11(14)2)17-9-12-5-7-13(21-3)8-6-12/h5-8,10H,4,9H2,1-3H3,(H,17,18,19). The summed E-state index contributed by atoms with van der Waals surface area (Å²) >= 11 is 0. The second-order valence-corrected chi connectivity index (χ2v) is 4.61. The average molecular weight is 301 g/mol. The summed E-state index contributed by atoms with van der Waals surface area (Å²) in [7, 11) is 1.63. The second kappa shape index (κ2) is 7.40. The number of hydrogen-bond donors (Lipinski definition) is 1. The molecule has 1 aromatic heterocycles. The van der Waals surface area contributed by atoms with Gasteiger partial charge in [-0.25, -0.2) is 14.8 Å². The van der Waals surface area contributed by atoms with Crippen molar-refractivity contribution in [3.05, 3.63) is 47.3 Å². The Hall–Kier alpha value is -2.63. The van der Waals surface area contributed by atoms with Crippen LogP contribution in [0.15, 0.2) is 30.5 Å². The number of rotatable bonds is 6. The Labute approximate surface area is 129 Å². The number of esters is 1. The summed E-state index contributed by atoms with van der Waals surface area (Å²) in [6.45, 7) is 4.43. The van der Waals surface area contributed by atoms with Crippen LogP contribution in [0.25, 0.3) is 0 Å². The van der Waals surface area contributed by atoms with Crippen molar-refractivity contribution in [2.24, 2.45) is 0 Å². The molecule has 116 valence electrons. The number of ether oxygens (including phenoxy) is 2. The molecule has 0 fully saturated rings. The Morgan fingerprint density at radius 2 is 2.00 bits per heavy atom. The van der Waals surface area contributed by atoms with Gasteiger partial charge in [0.25, 0.3) is 0 Å². The van der Waals surface area contributed by atoms with E-state index in [9.17, 15) is 4.79 Å². The molecule has 0 bridgehead atoms. The molecule has 0 aliphatic rings. The van der Waals surface area contributed by atoms with Crippen LogP contribution >= 0.6 is 0 Å². The first-order valence-electron chi connectivity index (χ1n) is 7.01. The lowest BCUT2D eigenvalue weighted by molar-refractivity contribution is 0.0524. The Balaban J connectivity index is 2.01. The van der Waals surface area contributed by atoms with E-state index in [1.807, 2.05) is 24.3 Å². The number of aromatic nitrogens is 2. The fourth-order valence-electron chi connectivity index (χ4n) is 1.89. The van der Waals surface area contributed by atoms with E-state index < -0.39 is 5.97 Å². The molecule has 1 aromatic carbocycles. The van der Waals surface area contributed by atoms with E-state index >= 15 is 0 Å². The molecule has 0 radical (unpaired) electrons. The molecule has 2 rings (SSSR count). The number of carbonyl (C=O) groups excluding carboxylic acids is 1. The number of nitrogens with zero attached hydrogens (tertiary/aromatic N) is 2. The van der Waals surface area contributed by atoms with Gasteiger partial charge in [0, 0.05) is 12.7 Å². The largest absolute Gasteiger partial charge is 0.497 e. The zero-order valence-corrected chi connectivity index (χ0v) is 12.9. The van der Waals surface area contributed by atoms with Crippen LogP contribution in [0.5, 0.6) is 5.75 Å². The summed E-state index contributed by atoms with van der Waals surface area (Å²) in [5.41, 5.74) is 2.05. The molecule has 0 saturated carbocycles. The summed E-state index contributed by atoms with van der Waals surface area (Å²) in [5, 5.41) is 3.12. The molecular weight excluding hydrogens is 282 g/mol. The van der Waals surface area contributed by atoms with E-state index in [2.05, 4.69) is 15.3 Å². The lowest BCUT2D eigenvalue weighted by atomic mass is 10.2. The van der Waals surface area contributed by atoms with Gasteiger partial charge in [-0.1, -0.05) is 12.1 Å². The molecule has 1 N–H and O–H groups in total. The molecular formula is C16H19N3O3. The molecule has 6 nitrogen and oxygen atoms in total. The van der Waals surface area contributed by atoms with Crippen LogP contribution in [-0.2, 0) is 11.3 Å². The number of anilines is 1. The number of benzene rings is 1. The maximum Gasteiger partial charge on any atom is 0.341 e. The van der Waals surface area contributed by atoms with Crippen molar-refractivity contribution < 1.29 is 14.3 Å². The van der Waals surface area contributed by atoms with Crippen LogP contribution in [-0.4, -0.2) is 29.7 Å². The molecule has 0 unspecified atom stereocenters. The van der Waals surface area contributed by atoms with Gasteiger partial charge in [0.05, 0.1) is 25.0 Å². The zero-order valence-electron chi connectivity index (χ0n) is 12.9. The van der Waals surface area contributed by atoms with E-state index in [0.29, 0.717) is 30.4 Å². The lowest BCUT2D eigenvalue weighted by Gasteiger charge is -2.08. The Morgan fingerprint density at radius 3 is 2.59 bits per heavy atom. The SMILES string of the molecule is CCOC(=O)c1cnc(NCc2ccc(OC)cc2)nc1C. The number of nitrogens with one attached hydrogen (secondary N) is 1. The normalized spacial score (nSPS) is 10.1. The molecule has 0 amide bonds. The van der Waals surface area contributed by atoms with Crippen molar-refractivity contribution in [2.75, 3.05) is 19.0 Å². The highest BCUT2D eigenvalue weighted by Crippen LogP contribution is 2.13. The van der Waals surface area contributed by atoms with E-state index in [0.717, 1.165) is 11.3 Å². The van der Waals surface area contributed by atoms with Crippen molar-refractivity contribution in [3.8, 4) is 5.75 Å². The van der Waals surface area contributed by atoms with Gasteiger partial charge >= 0.3 is 5.97 Å². The van der Waals surface area contributed by atoms with E-state index in [1.54, 1.807) is 21.0 Å². The highest BCUT2D eigenvalue weighted by Gasteiger charge is 2.12. The maximum atomic E-state index is 11.7. The van der Waals surface area contributed by atoms with Crippen molar-refractivity contribution in [1.82, 2.24) is 9.97 Å². The fourth-order valence-corrected chi connectivity index (χ4v) is 1.89. The van der Waals surface area contributed by atoms with Gasteiger partial charge in [0.1, 0.15) is 5.75 Å². The van der Waals surface area contributed by atoms with Crippen LogP contribution in [0.2, 0.25) is 0 Å². The predicted octanol–water partition coefficient (Wildman–Crippen LogP) is 2.58. The quantitative estimate of drug-likeness (QED) is 0.827. The number of carbonyl (C=O) groups is 1. The fraction of sp³-hybridized carbons (Fsp3) is 0.312. The van der Waals surface area contributed by atoms with Crippen LogP contribution in [0.1, 0.15) is 28.5 Å². The third kappa shape index (κ3) is 3.94. The summed E-state index contributed by atoms with van der Waals surface area (Å²) in [6.07, 6.45) is 1.48. The maximum absolute atomic E-state index is 11.7. The van der Waals surface area contributed by atoms with Gasteiger partial charge in [-0.15, -0.1) is 0 Å². The summed E-state index contributed by atoms with van der Waals surface area (Å²) in [4.78, 5) is 20.1. The van der Waals surface area contributed by atoms with Gasteiger partial charge in [-0.3, -0.25) is 0 Å². The van der Waals surface area contributed by atoms with Crippen molar-refractivity contribution in [3.63, 3.8) is 0 Å². The van der Waals surface area contributed by atoms with Gasteiger partial charge in [-0.2, -0.15) is 0 Å². The smallest absolute Gasteiger partial charge is 0.341 e. The third-order valence-corrected chi connectivity index (χ3v) is 3.08. The highest BCUT2D eigenvalue weighted by atomic mass is 16.5. The Kier molecular flexibility index (Phi) is 5.30. The lowest BCUT2D eigenvalue weighted by Crippen LogP contribution is -2.11. The van der Waals surface area contributed by atoms with E-state index in [-0.39, 0.29) is 0 Å². The molecule has 6 heteroatoms. The topological polar surface area (TPSA) is 73.3 Å². The minimum atomic E-state index is -0.401. The van der Waals surface area contributed by atoms with Gasteiger partial charge in [-0.05, 0) is 31.5 Å². The summed E-state index contributed by atoms with van der Waals surface area (Å²) in [5.74, 6) is 0.887. The van der Waals surface area contributed by atoms with Crippen LogP contribution in [0.3, 0.4) is 0 Å². The second-order valence-electron chi connectivity index (χ2n) is 4.61. The first kappa shape index (κ1) is 15.8. The average Bonchev–Trinajstić information content (AvgIpc) is 2.53. The first-order chi connectivity index (χ1) is 10.6. The van der Waals surface area contributed by atoms with E-state index in [1.165, 1.54) is 6.20 Å². The number of aryl methyl sites for hydroxylation is 1. The molecule has 0 aliphatic carbocycles. The summed E-state index contributed by atoms with van der Waals surface area (Å²) in [6, 6.07) is 7.72. The summed E-state index contributed by atoms with van der Waals surface area (Å²) < 4.78 is 10.1. The third-order valence-electron chi connectivity index (χ3n) is 3.08. The van der Waals surface area contributed by atoms with Gasteiger partial charge in [0.2, 0.25) is 5.95 Å². The highest BCUT2D eigenvalue weighted by molar-refractivity contribution is 5.90. The van der Waals surface area contributed by atoms with Gasteiger partial charge in [0.15, 0.2) is 0 Å². The van der Waals surface area contributed by atoms with Crippen molar-refractivity contribution in [2.45, 2.75) is 20.4 Å². The number of hydrogen-bond acceptors (Lipinski definition) is 6. The molecule has 0 aliphatic heterocycles. The van der Waals surface area contributed by atoms with E-state index in [4.69, 9.17) is 9.47 Å². The monoisotopic (exact) mass is 301 g/mol. The minimum Gasteiger partial charge on any atom is -0.497 e. The van der Waals surface area contributed by atoms with Gasteiger partial charge < -0.3 is 14.8 Å². The Bertz CT molecular complexity index is 642. The molecule has 0 atom stereocenters. The molecule has 22 heavy (non-hydrogen) atoms. The van der Waals surface area contributed by atoms with Crippen LogP contribution < -0.4 is 10.1 Å². The first-order valence-corrected chi connectivity index (χ1v) is 7.01. The molecule has 0 spiro atoms. The Morgan fingerprint density at radius 1 is 1.27 bits per heavy atom. The molecule has 0 saturated heterocycles. The van der Waals surface area contributed by atoms with Crippen molar-refractivity contribution in [1.29, 1.82) is 0 Å². The van der Waals surface area contributed by atoms with Crippen LogP contribution in [0, 0.1) is 6.92 Å². The molecule has 1 heterocycles. The predicted molar refractivity (Wildman–Crippen MR) is 83.0 cm³/mol. The number of methoxy groups -OCH3 is 1. The molecule has 2 aromatic rings. The minimum absolute atomic E-state index is 0.329. The van der Waals surface area contributed by atoms with Crippen LogP contribution in [0.4, 0.5) is 5.95 Å². The van der Waals surface area contributed by atoms with Crippen molar-refractivity contribution >= 4 is 11.9 Å². The zero-order chi connectivity index (χ0) is 15.9.